The lowest BCUT2D eigenvalue weighted by molar-refractivity contribution is -0.120. The fourth-order valence-corrected chi connectivity index (χ4v) is 3.27. The van der Waals surface area contributed by atoms with Gasteiger partial charge in [-0.15, -0.1) is 24.0 Å². The average Bonchev–Trinajstić information content (AvgIpc) is 2.95. The van der Waals surface area contributed by atoms with Crippen LogP contribution in [0.2, 0.25) is 0 Å². The third kappa shape index (κ3) is 6.74. The lowest BCUT2D eigenvalue weighted by atomic mass is 10.3. The number of guanidine groups is 1. The number of hydrogen-bond donors (Lipinski definition) is 1. The van der Waals surface area contributed by atoms with Crippen molar-refractivity contribution in [3.05, 3.63) is 12.4 Å². The number of aliphatic imine (C=N–C) groups is 1. The number of aryl methyl sites for hydroxylation is 1. The van der Waals surface area contributed by atoms with Crippen molar-refractivity contribution in [1.82, 2.24) is 20.0 Å². The van der Waals surface area contributed by atoms with Crippen LogP contribution in [-0.2, 0) is 21.7 Å². The lowest BCUT2D eigenvalue weighted by Gasteiger charge is -2.35. The minimum Gasteiger partial charge on any atom is -0.357 e. The zero-order valence-corrected chi connectivity index (χ0v) is 18.5. The number of carbonyl (C=O) groups excluding carboxylic acids is 1. The molecule has 0 aliphatic carbocycles. The smallest absolute Gasteiger partial charge is 0.246 e. The summed E-state index contributed by atoms with van der Waals surface area (Å²) in [7, 11) is -1.16. The summed E-state index contributed by atoms with van der Waals surface area (Å²) in [5.74, 6) is 0.750. The van der Waals surface area contributed by atoms with Gasteiger partial charge >= 0.3 is 0 Å². The Bertz CT molecular complexity index is 733. The van der Waals surface area contributed by atoms with Gasteiger partial charge in [0, 0.05) is 45.7 Å². The molecule has 11 heteroatoms. The van der Waals surface area contributed by atoms with Crippen molar-refractivity contribution in [1.29, 1.82) is 0 Å². The van der Waals surface area contributed by atoms with Crippen molar-refractivity contribution in [3.63, 3.8) is 0 Å². The van der Waals surface area contributed by atoms with E-state index in [9.17, 15) is 13.2 Å². The summed E-state index contributed by atoms with van der Waals surface area (Å²) in [6, 6.07) is 0. The molecule has 1 N–H and O–H groups in total. The molecule has 1 aliphatic rings. The molecule has 1 amide bonds. The Morgan fingerprint density at radius 1 is 1.38 bits per heavy atom. The summed E-state index contributed by atoms with van der Waals surface area (Å²) in [6.45, 7) is 4.48. The molecule has 26 heavy (non-hydrogen) atoms. The summed E-state index contributed by atoms with van der Waals surface area (Å²) in [5.41, 5.74) is 0.794. The van der Waals surface area contributed by atoms with E-state index in [1.165, 1.54) is 6.26 Å². The van der Waals surface area contributed by atoms with Gasteiger partial charge in [0.2, 0.25) is 5.91 Å². The van der Waals surface area contributed by atoms with Gasteiger partial charge in [0.05, 0.1) is 17.6 Å². The normalized spacial score (nSPS) is 15.8. The van der Waals surface area contributed by atoms with Crippen molar-refractivity contribution < 1.29 is 13.2 Å². The van der Waals surface area contributed by atoms with E-state index < -0.39 is 9.84 Å². The molecule has 1 saturated heterocycles. The van der Waals surface area contributed by atoms with Crippen LogP contribution < -0.4 is 10.2 Å². The van der Waals surface area contributed by atoms with Crippen LogP contribution in [0.15, 0.2) is 17.4 Å². The first-order valence-corrected chi connectivity index (χ1v) is 10.4. The van der Waals surface area contributed by atoms with E-state index in [1.54, 1.807) is 15.8 Å². The largest absolute Gasteiger partial charge is 0.357 e. The molecule has 0 radical (unpaired) electrons. The van der Waals surface area contributed by atoms with Gasteiger partial charge in [0.15, 0.2) is 5.96 Å². The fourth-order valence-electron chi connectivity index (χ4n) is 2.61. The SMILES string of the molecule is CCNC(=NCCCS(C)(=O)=O)N1CCN(c2cnn(C)c2)C(=O)C1.I. The maximum Gasteiger partial charge on any atom is 0.246 e. The Hall–Kier alpha value is -1.37. The number of nitrogens with one attached hydrogen (secondary N) is 1. The molecule has 1 aromatic heterocycles. The Kier molecular flexibility index (Phi) is 8.80. The third-order valence-electron chi connectivity index (χ3n) is 3.79. The topological polar surface area (TPSA) is 99.9 Å². The van der Waals surface area contributed by atoms with Crippen molar-refractivity contribution in [2.45, 2.75) is 13.3 Å². The molecule has 1 aromatic rings. The molecule has 0 spiro atoms. The number of sulfone groups is 1. The van der Waals surface area contributed by atoms with E-state index in [1.807, 2.05) is 25.1 Å². The molecule has 2 rings (SSSR count). The van der Waals surface area contributed by atoms with Crippen molar-refractivity contribution in [3.8, 4) is 0 Å². The van der Waals surface area contributed by atoms with Crippen molar-refractivity contribution in [2.24, 2.45) is 12.0 Å². The Labute approximate surface area is 171 Å². The van der Waals surface area contributed by atoms with Crippen LogP contribution in [0, 0.1) is 0 Å². The minimum absolute atomic E-state index is 0. The van der Waals surface area contributed by atoms with E-state index >= 15 is 0 Å². The maximum atomic E-state index is 12.5. The van der Waals surface area contributed by atoms with Crippen LogP contribution in [0.5, 0.6) is 0 Å². The molecule has 2 heterocycles. The van der Waals surface area contributed by atoms with Crippen LogP contribution in [0.3, 0.4) is 0 Å². The molecule has 0 unspecified atom stereocenters. The molecule has 1 fully saturated rings. The van der Waals surface area contributed by atoms with Gasteiger partial charge in [0.1, 0.15) is 16.4 Å². The maximum absolute atomic E-state index is 12.5. The quantitative estimate of drug-likeness (QED) is 0.258. The minimum atomic E-state index is -2.98. The zero-order valence-electron chi connectivity index (χ0n) is 15.4. The summed E-state index contributed by atoms with van der Waals surface area (Å²) >= 11 is 0. The monoisotopic (exact) mass is 498 g/mol. The van der Waals surface area contributed by atoms with Gasteiger partial charge in [-0.05, 0) is 13.3 Å². The summed E-state index contributed by atoms with van der Waals surface area (Å²) < 4.78 is 24.0. The average molecular weight is 498 g/mol. The van der Waals surface area contributed by atoms with E-state index in [4.69, 9.17) is 0 Å². The molecule has 148 valence electrons. The standard InChI is InChI=1S/C15H26N6O3S.HI/c1-4-16-15(17-6-5-9-25(3,23)24)20-7-8-21(14(22)12-20)13-10-18-19(2)11-13;/h10-11H,4-9,12H2,1-3H3,(H,16,17);1H. The summed E-state index contributed by atoms with van der Waals surface area (Å²) in [5, 5.41) is 7.27. The number of hydrogen-bond acceptors (Lipinski definition) is 5. The predicted octanol–water partition coefficient (Wildman–Crippen LogP) is 0.0869. The molecule has 1 aliphatic heterocycles. The third-order valence-corrected chi connectivity index (χ3v) is 4.82. The van der Waals surface area contributed by atoms with Gasteiger partial charge < -0.3 is 15.1 Å². The van der Waals surface area contributed by atoms with Crippen LogP contribution in [0.25, 0.3) is 0 Å². The van der Waals surface area contributed by atoms with Crippen molar-refractivity contribution in [2.75, 3.05) is 49.6 Å². The summed E-state index contributed by atoms with van der Waals surface area (Å²) in [6.07, 6.45) is 5.19. The molecule has 0 atom stereocenters. The van der Waals surface area contributed by atoms with E-state index in [0.29, 0.717) is 38.6 Å². The highest BCUT2D eigenvalue weighted by molar-refractivity contribution is 14.0. The molecule has 0 saturated carbocycles. The molecular weight excluding hydrogens is 471 g/mol. The number of nitrogens with zero attached hydrogens (tertiary/aromatic N) is 5. The van der Waals surface area contributed by atoms with E-state index in [0.717, 1.165) is 5.69 Å². The second-order valence-electron chi connectivity index (χ2n) is 6.06. The highest BCUT2D eigenvalue weighted by Crippen LogP contribution is 2.16. The number of anilines is 1. The first-order chi connectivity index (χ1) is 11.8. The Balaban J connectivity index is 0.00000338. The van der Waals surface area contributed by atoms with E-state index in [-0.39, 0.29) is 42.2 Å². The van der Waals surface area contributed by atoms with Gasteiger partial charge in [-0.2, -0.15) is 5.10 Å². The van der Waals surface area contributed by atoms with Crippen LogP contribution in [-0.4, -0.2) is 79.7 Å². The number of piperazine rings is 1. The van der Waals surface area contributed by atoms with Gasteiger partial charge in [-0.3, -0.25) is 14.5 Å². The predicted molar refractivity (Wildman–Crippen MR) is 113 cm³/mol. The first-order valence-electron chi connectivity index (χ1n) is 8.30. The Morgan fingerprint density at radius 3 is 2.65 bits per heavy atom. The van der Waals surface area contributed by atoms with Gasteiger partial charge in [-0.1, -0.05) is 0 Å². The number of halogens is 1. The highest BCUT2D eigenvalue weighted by atomic mass is 127. The number of amides is 1. The van der Waals surface area contributed by atoms with Crippen LogP contribution >= 0.6 is 24.0 Å². The number of rotatable bonds is 6. The van der Waals surface area contributed by atoms with Crippen LogP contribution in [0.4, 0.5) is 5.69 Å². The lowest BCUT2D eigenvalue weighted by Crippen LogP contribution is -2.55. The molecular formula is C15H27IN6O3S. The van der Waals surface area contributed by atoms with Gasteiger partial charge in [-0.25, -0.2) is 8.42 Å². The molecule has 0 aromatic carbocycles. The van der Waals surface area contributed by atoms with E-state index in [2.05, 4.69) is 15.4 Å². The highest BCUT2D eigenvalue weighted by Gasteiger charge is 2.27. The van der Waals surface area contributed by atoms with Gasteiger partial charge in [0.25, 0.3) is 0 Å². The fraction of sp³-hybridized carbons (Fsp3) is 0.667. The second kappa shape index (κ2) is 10.1. The van der Waals surface area contributed by atoms with Crippen molar-refractivity contribution >= 4 is 51.4 Å². The molecule has 9 nitrogen and oxygen atoms in total. The molecule has 0 bridgehead atoms. The second-order valence-corrected chi connectivity index (χ2v) is 8.32. The van der Waals surface area contributed by atoms with Crippen LogP contribution in [0.1, 0.15) is 13.3 Å². The first kappa shape index (κ1) is 22.7. The Morgan fingerprint density at radius 2 is 2.12 bits per heavy atom. The number of carbonyl (C=O) groups is 1. The number of aromatic nitrogens is 2. The zero-order chi connectivity index (χ0) is 18.4. The summed E-state index contributed by atoms with van der Waals surface area (Å²) in [4.78, 5) is 20.5.